The predicted molar refractivity (Wildman–Crippen MR) is 55.5 cm³/mol. The van der Waals surface area contributed by atoms with Crippen molar-refractivity contribution in [2.45, 2.75) is 26.6 Å². The third-order valence-corrected chi connectivity index (χ3v) is 1.72. The molecule has 0 saturated carbocycles. The second-order valence-electron chi connectivity index (χ2n) is 2.84. The number of halogens is 4. The maximum absolute atomic E-state index is 12.8. The van der Waals surface area contributed by atoms with E-state index in [4.69, 9.17) is 0 Å². The minimum absolute atomic E-state index is 0.281. The van der Waals surface area contributed by atoms with Crippen molar-refractivity contribution < 1.29 is 17.6 Å². The maximum atomic E-state index is 12.8. The molecular weight excluding hydrogens is 222 g/mol. The van der Waals surface area contributed by atoms with Gasteiger partial charge in [-0.1, -0.05) is 19.9 Å². The van der Waals surface area contributed by atoms with Crippen LogP contribution in [0.15, 0.2) is 18.2 Å². The summed E-state index contributed by atoms with van der Waals surface area (Å²) in [6.07, 6.45) is -4.63. The van der Waals surface area contributed by atoms with Gasteiger partial charge in [-0.2, -0.15) is 13.2 Å². The summed E-state index contributed by atoms with van der Waals surface area (Å²) in [5, 5.41) is 2.69. The minimum atomic E-state index is -4.63. The topological polar surface area (TPSA) is 12.0 Å². The molecule has 0 aliphatic carbocycles. The fourth-order valence-corrected chi connectivity index (χ4v) is 1.10. The average Bonchev–Trinajstić information content (AvgIpc) is 2.23. The summed E-state index contributed by atoms with van der Waals surface area (Å²) in [5.74, 6) is -1.24. The largest absolute Gasteiger partial charge is 0.419 e. The highest BCUT2D eigenvalue weighted by Gasteiger charge is 2.33. The van der Waals surface area contributed by atoms with Gasteiger partial charge in [0.05, 0.1) is 5.56 Å². The zero-order valence-electron chi connectivity index (χ0n) is 9.45. The summed E-state index contributed by atoms with van der Waals surface area (Å²) in [5.41, 5.74) is -0.813. The van der Waals surface area contributed by atoms with Crippen LogP contribution < -0.4 is 5.32 Å². The van der Waals surface area contributed by atoms with Crippen LogP contribution in [0.25, 0.3) is 0 Å². The first-order chi connectivity index (χ1) is 7.45. The number of hydrogen-bond donors (Lipinski definition) is 1. The Hall–Kier alpha value is -1.10. The maximum Gasteiger partial charge on any atom is 0.419 e. The first-order valence-electron chi connectivity index (χ1n) is 4.95. The molecule has 16 heavy (non-hydrogen) atoms. The summed E-state index contributed by atoms with van der Waals surface area (Å²) < 4.78 is 49.4. The van der Waals surface area contributed by atoms with Gasteiger partial charge < -0.3 is 5.32 Å². The number of hydrogen-bond acceptors (Lipinski definition) is 1. The molecule has 92 valence electrons. The van der Waals surface area contributed by atoms with E-state index >= 15 is 0 Å². The molecule has 1 nitrogen and oxygen atoms in total. The van der Waals surface area contributed by atoms with E-state index in [1.165, 1.54) is 6.07 Å². The first kappa shape index (κ1) is 14.9. The lowest BCUT2D eigenvalue weighted by atomic mass is 10.1. The lowest BCUT2D eigenvalue weighted by Crippen LogP contribution is -2.11. The van der Waals surface area contributed by atoms with Crippen molar-refractivity contribution in [1.82, 2.24) is 5.32 Å². The second-order valence-corrected chi connectivity index (χ2v) is 2.84. The zero-order valence-corrected chi connectivity index (χ0v) is 9.45. The van der Waals surface area contributed by atoms with Gasteiger partial charge in [0.1, 0.15) is 5.82 Å². The van der Waals surface area contributed by atoms with Crippen molar-refractivity contribution in [3.8, 4) is 0 Å². The van der Waals surface area contributed by atoms with E-state index in [1.807, 2.05) is 13.8 Å². The van der Waals surface area contributed by atoms with Crippen molar-refractivity contribution in [3.63, 3.8) is 0 Å². The molecule has 0 saturated heterocycles. The van der Waals surface area contributed by atoms with E-state index in [9.17, 15) is 17.6 Å². The van der Waals surface area contributed by atoms with Gasteiger partial charge in [0.25, 0.3) is 0 Å². The van der Waals surface area contributed by atoms with Crippen LogP contribution in [-0.4, -0.2) is 7.05 Å². The van der Waals surface area contributed by atoms with Crippen LogP contribution in [0.4, 0.5) is 17.6 Å². The molecule has 0 aliphatic heterocycles. The number of benzene rings is 1. The monoisotopic (exact) mass is 237 g/mol. The highest BCUT2D eigenvalue weighted by Crippen LogP contribution is 2.31. The van der Waals surface area contributed by atoms with Gasteiger partial charge in [-0.25, -0.2) is 4.39 Å². The van der Waals surface area contributed by atoms with Gasteiger partial charge in [0.2, 0.25) is 0 Å². The lowest BCUT2D eigenvalue weighted by molar-refractivity contribution is -0.140. The Morgan fingerprint density at radius 2 is 1.75 bits per heavy atom. The van der Waals surface area contributed by atoms with Crippen molar-refractivity contribution in [2.24, 2.45) is 0 Å². The average molecular weight is 237 g/mol. The Balaban J connectivity index is 0.00000106. The van der Waals surface area contributed by atoms with Gasteiger partial charge in [-0.3, -0.25) is 0 Å². The standard InChI is InChI=1S/C9H9F4N.C2H6/c1-14-5-6-2-3-8(10)7(4-6)9(11,12)13;1-2/h2-4,14H,5H2,1H3;1-2H3. The molecule has 1 aromatic rings. The van der Waals surface area contributed by atoms with Gasteiger partial charge in [0, 0.05) is 6.54 Å². The van der Waals surface area contributed by atoms with Crippen LogP contribution >= 0.6 is 0 Å². The van der Waals surface area contributed by atoms with Crippen LogP contribution in [0.2, 0.25) is 0 Å². The Labute approximate surface area is 92.5 Å². The Kier molecular flexibility index (Phi) is 6.03. The van der Waals surface area contributed by atoms with Crippen LogP contribution in [-0.2, 0) is 12.7 Å². The normalized spacial score (nSPS) is 10.7. The van der Waals surface area contributed by atoms with Gasteiger partial charge in [-0.05, 0) is 24.7 Å². The number of rotatable bonds is 2. The van der Waals surface area contributed by atoms with Crippen molar-refractivity contribution in [3.05, 3.63) is 35.1 Å². The molecule has 0 heterocycles. The summed E-state index contributed by atoms with van der Waals surface area (Å²) in [6, 6.07) is 2.96. The van der Waals surface area contributed by atoms with E-state index in [1.54, 1.807) is 7.05 Å². The van der Waals surface area contributed by atoms with E-state index in [0.717, 1.165) is 12.1 Å². The SMILES string of the molecule is CC.CNCc1ccc(F)c(C(F)(F)F)c1. The third-order valence-electron chi connectivity index (χ3n) is 1.72. The molecule has 1 aromatic carbocycles. The Bertz CT molecular complexity index is 320. The third kappa shape index (κ3) is 4.18. The van der Waals surface area contributed by atoms with Crippen molar-refractivity contribution in [1.29, 1.82) is 0 Å². The fraction of sp³-hybridized carbons (Fsp3) is 0.455. The summed E-state index contributed by atoms with van der Waals surface area (Å²) >= 11 is 0. The molecule has 1 rings (SSSR count). The van der Waals surface area contributed by atoms with E-state index in [-0.39, 0.29) is 6.54 Å². The minimum Gasteiger partial charge on any atom is -0.316 e. The molecule has 0 aliphatic rings. The molecular formula is C11H15F4N. The molecule has 0 amide bonds. The first-order valence-corrected chi connectivity index (χ1v) is 4.95. The second kappa shape index (κ2) is 6.48. The molecule has 0 aromatic heterocycles. The highest BCUT2D eigenvalue weighted by atomic mass is 19.4. The van der Waals surface area contributed by atoms with Gasteiger partial charge in [0.15, 0.2) is 0 Å². The predicted octanol–water partition coefficient (Wildman–Crippen LogP) is 3.59. The zero-order chi connectivity index (χ0) is 12.8. The molecule has 0 fully saturated rings. The summed E-state index contributed by atoms with van der Waals surface area (Å²) in [7, 11) is 1.61. The van der Waals surface area contributed by atoms with Gasteiger partial charge >= 0.3 is 6.18 Å². The van der Waals surface area contributed by atoms with E-state index < -0.39 is 17.6 Å². The highest BCUT2D eigenvalue weighted by molar-refractivity contribution is 5.27. The molecule has 1 N–H and O–H groups in total. The molecule has 0 spiro atoms. The van der Waals surface area contributed by atoms with Crippen LogP contribution in [0.1, 0.15) is 25.0 Å². The molecule has 0 unspecified atom stereocenters. The van der Waals surface area contributed by atoms with Crippen molar-refractivity contribution in [2.75, 3.05) is 7.05 Å². The van der Waals surface area contributed by atoms with Crippen LogP contribution in [0.3, 0.4) is 0 Å². The smallest absolute Gasteiger partial charge is 0.316 e. The summed E-state index contributed by atoms with van der Waals surface area (Å²) in [6.45, 7) is 4.28. The molecule has 0 bridgehead atoms. The quantitative estimate of drug-likeness (QED) is 0.775. The fourth-order valence-electron chi connectivity index (χ4n) is 1.10. The number of nitrogens with one attached hydrogen (secondary N) is 1. The summed E-state index contributed by atoms with van der Waals surface area (Å²) in [4.78, 5) is 0. The Morgan fingerprint density at radius 3 is 2.19 bits per heavy atom. The molecule has 5 heteroatoms. The van der Waals surface area contributed by atoms with Crippen molar-refractivity contribution >= 4 is 0 Å². The number of alkyl halides is 3. The lowest BCUT2D eigenvalue weighted by Gasteiger charge is -2.09. The van der Waals surface area contributed by atoms with E-state index in [0.29, 0.717) is 5.56 Å². The van der Waals surface area contributed by atoms with E-state index in [2.05, 4.69) is 5.32 Å². The van der Waals surface area contributed by atoms with Crippen LogP contribution in [0, 0.1) is 5.82 Å². The van der Waals surface area contributed by atoms with Gasteiger partial charge in [-0.15, -0.1) is 0 Å². The molecule has 0 radical (unpaired) electrons. The van der Waals surface area contributed by atoms with Crippen LogP contribution in [0.5, 0.6) is 0 Å². The Morgan fingerprint density at radius 1 is 1.19 bits per heavy atom. The molecule has 0 atom stereocenters.